The summed E-state index contributed by atoms with van der Waals surface area (Å²) in [5.74, 6) is -0.454. The molecule has 0 saturated heterocycles. The van der Waals surface area contributed by atoms with E-state index in [1.165, 1.54) is 16.8 Å². The predicted molar refractivity (Wildman–Crippen MR) is 92.0 cm³/mol. The lowest BCUT2D eigenvalue weighted by Gasteiger charge is -2.11. The molecule has 0 fully saturated rings. The standard InChI is InChI=1S/C19H27NO2/c1-6-8-9-20-13(5)17(12(3)4)16-11-15(19(21)22)10-14(7-2)18(16)20/h10-12H,6-9H2,1-5H3,(H,21,22). The van der Waals surface area contributed by atoms with Crippen molar-refractivity contribution in [3.8, 4) is 0 Å². The molecule has 0 saturated carbocycles. The zero-order chi connectivity index (χ0) is 16.4. The zero-order valence-corrected chi connectivity index (χ0v) is 14.4. The van der Waals surface area contributed by atoms with Crippen molar-refractivity contribution in [2.75, 3.05) is 0 Å². The van der Waals surface area contributed by atoms with Crippen LogP contribution in [0.25, 0.3) is 10.9 Å². The van der Waals surface area contributed by atoms with E-state index in [9.17, 15) is 9.90 Å². The van der Waals surface area contributed by atoms with Crippen LogP contribution in [0.3, 0.4) is 0 Å². The number of aryl methyl sites for hydroxylation is 2. The third kappa shape index (κ3) is 2.77. The summed E-state index contributed by atoms with van der Waals surface area (Å²) in [7, 11) is 0. The summed E-state index contributed by atoms with van der Waals surface area (Å²) >= 11 is 0. The first-order valence-electron chi connectivity index (χ1n) is 8.31. The SMILES string of the molecule is CCCCn1c(C)c(C(C)C)c2cc(C(=O)O)cc(CC)c21. The Balaban J connectivity index is 2.84. The highest BCUT2D eigenvalue weighted by Crippen LogP contribution is 2.35. The van der Waals surface area contributed by atoms with Gasteiger partial charge in [-0.3, -0.25) is 0 Å². The van der Waals surface area contributed by atoms with E-state index in [4.69, 9.17) is 0 Å². The highest BCUT2D eigenvalue weighted by atomic mass is 16.4. The van der Waals surface area contributed by atoms with Crippen LogP contribution in [0.5, 0.6) is 0 Å². The maximum atomic E-state index is 11.5. The van der Waals surface area contributed by atoms with Crippen molar-refractivity contribution >= 4 is 16.9 Å². The summed E-state index contributed by atoms with van der Waals surface area (Å²) in [6, 6.07) is 3.71. The molecule has 2 aromatic rings. The van der Waals surface area contributed by atoms with Crippen molar-refractivity contribution < 1.29 is 9.90 Å². The summed E-state index contributed by atoms with van der Waals surface area (Å²) in [5, 5.41) is 10.5. The van der Waals surface area contributed by atoms with Gasteiger partial charge < -0.3 is 9.67 Å². The molecule has 0 bridgehead atoms. The van der Waals surface area contributed by atoms with E-state index in [1.54, 1.807) is 0 Å². The number of fused-ring (bicyclic) bond motifs is 1. The number of carboxylic acid groups (broad SMARTS) is 1. The maximum absolute atomic E-state index is 11.5. The third-order valence-electron chi connectivity index (χ3n) is 4.48. The molecule has 1 N–H and O–H groups in total. The fourth-order valence-electron chi connectivity index (χ4n) is 3.44. The number of hydrogen-bond acceptors (Lipinski definition) is 1. The predicted octanol–water partition coefficient (Wildman–Crippen LogP) is 5.13. The summed E-state index contributed by atoms with van der Waals surface area (Å²) in [6.07, 6.45) is 3.15. The van der Waals surface area contributed by atoms with Crippen LogP contribution < -0.4 is 0 Å². The van der Waals surface area contributed by atoms with E-state index in [0.717, 1.165) is 36.8 Å². The molecule has 0 amide bonds. The van der Waals surface area contributed by atoms with Gasteiger partial charge in [-0.1, -0.05) is 34.1 Å². The van der Waals surface area contributed by atoms with Gasteiger partial charge in [-0.15, -0.1) is 0 Å². The number of aromatic carboxylic acids is 1. The molecule has 3 heteroatoms. The highest BCUT2D eigenvalue weighted by Gasteiger charge is 2.20. The molecule has 22 heavy (non-hydrogen) atoms. The number of carbonyl (C=O) groups is 1. The Labute approximate surface area is 133 Å². The molecule has 0 radical (unpaired) electrons. The van der Waals surface area contributed by atoms with Crippen LogP contribution in [-0.4, -0.2) is 15.6 Å². The van der Waals surface area contributed by atoms with Crippen molar-refractivity contribution in [3.63, 3.8) is 0 Å². The van der Waals surface area contributed by atoms with E-state index in [1.807, 2.05) is 12.1 Å². The first-order chi connectivity index (χ1) is 10.4. The molecule has 0 spiro atoms. The van der Waals surface area contributed by atoms with Crippen LogP contribution in [0.4, 0.5) is 0 Å². The largest absolute Gasteiger partial charge is 0.478 e. The zero-order valence-electron chi connectivity index (χ0n) is 14.4. The Bertz CT molecular complexity index is 695. The monoisotopic (exact) mass is 301 g/mol. The summed E-state index contributed by atoms with van der Waals surface area (Å²) in [6.45, 7) is 11.8. The molecular weight excluding hydrogens is 274 g/mol. The van der Waals surface area contributed by atoms with E-state index in [0.29, 0.717) is 11.5 Å². The minimum Gasteiger partial charge on any atom is -0.478 e. The van der Waals surface area contributed by atoms with Crippen molar-refractivity contribution in [1.29, 1.82) is 0 Å². The molecular formula is C19H27NO2. The lowest BCUT2D eigenvalue weighted by molar-refractivity contribution is 0.0697. The molecule has 120 valence electrons. The number of aromatic nitrogens is 1. The number of rotatable bonds is 6. The summed E-state index contributed by atoms with van der Waals surface area (Å²) < 4.78 is 2.40. The van der Waals surface area contributed by atoms with Crippen LogP contribution >= 0.6 is 0 Å². The molecule has 0 aliphatic heterocycles. The molecule has 1 heterocycles. The summed E-state index contributed by atoms with van der Waals surface area (Å²) in [4.78, 5) is 11.5. The number of benzene rings is 1. The van der Waals surface area contributed by atoms with Crippen LogP contribution in [0, 0.1) is 6.92 Å². The van der Waals surface area contributed by atoms with Crippen molar-refractivity contribution in [3.05, 3.63) is 34.5 Å². The van der Waals surface area contributed by atoms with E-state index >= 15 is 0 Å². The summed E-state index contributed by atoms with van der Waals surface area (Å²) in [5.41, 5.74) is 5.36. The van der Waals surface area contributed by atoms with Crippen LogP contribution in [-0.2, 0) is 13.0 Å². The lowest BCUT2D eigenvalue weighted by atomic mass is 9.96. The molecule has 1 aromatic carbocycles. The molecule has 2 rings (SSSR count). The number of hydrogen-bond donors (Lipinski definition) is 1. The number of nitrogens with zero attached hydrogens (tertiary/aromatic N) is 1. The van der Waals surface area contributed by atoms with E-state index in [-0.39, 0.29) is 0 Å². The van der Waals surface area contributed by atoms with Gasteiger partial charge in [0.15, 0.2) is 0 Å². The Morgan fingerprint density at radius 1 is 1.27 bits per heavy atom. The van der Waals surface area contributed by atoms with Gasteiger partial charge in [0.05, 0.1) is 11.1 Å². The second-order valence-corrected chi connectivity index (χ2v) is 6.35. The van der Waals surface area contributed by atoms with Gasteiger partial charge in [-0.25, -0.2) is 4.79 Å². The lowest BCUT2D eigenvalue weighted by Crippen LogP contribution is -2.03. The molecule has 3 nitrogen and oxygen atoms in total. The van der Waals surface area contributed by atoms with Gasteiger partial charge in [0.25, 0.3) is 0 Å². The van der Waals surface area contributed by atoms with Gasteiger partial charge in [-0.05, 0) is 48.9 Å². The first-order valence-corrected chi connectivity index (χ1v) is 8.31. The Morgan fingerprint density at radius 3 is 2.45 bits per heavy atom. The maximum Gasteiger partial charge on any atom is 0.335 e. The smallest absolute Gasteiger partial charge is 0.335 e. The Hall–Kier alpha value is -1.77. The fraction of sp³-hybridized carbons (Fsp3) is 0.526. The van der Waals surface area contributed by atoms with Gasteiger partial charge in [0.2, 0.25) is 0 Å². The van der Waals surface area contributed by atoms with E-state index < -0.39 is 5.97 Å². The Morgan fingerprint density at radius 2 is 1.95 bits per heavy atom. The van der Waals surface area contributed by atoms with Crippen molar-refractivity contribution in [2.24, 2.45) is 0 Å². The average Bonchev–Trinajstić information content (AvgIpc) is 2.75. The minimum atomic E-state index is -0.842. The second-order valence-electron chi connectivity index (χ2n) is 6.35. The van der Waals surface area contributed by atoms with Crippen molar-refractivity contribution in [1.82, 2.24) is 4.57 Å². The van der Waals surface area contributed by atoms with E-state index in [2.05, 4.69) is 39.2 Å². The third-order valence-corrected chi connectivity index (χ3v) is 4.48. The van der Waals surface area contributed by atoms with Gasteiger partial charge in [-0.2, -0.15) is 0 Å². The molecule has 0 aliphatic rings. The highest BCUT2D eigenvalue weighted by molar-refractivity contribution is 5.97. The molecule has 1 aromatic heterocycles. The Kier molecular flexibility index (Phi) is 4.94. The topological polar surface area (TPSA) is 42.2 Å². The fourth-order valence-corrected chi connectivity index (χ4v) is 3.44. The average molecular weight is 301 g/mol. The first kappa shape index (κ1) is 16.6. The van der Waals surface area contributed by atoms with Gasteiger partial charge >= 0.3 is 5.97 Å². The van der Waals surface area contributed by atoms with Gasteiger partial charge in [0.1, 0.15) is 0 Å². The van der Waals surface area contributed by atoms with Crippen LogP contribution in [0.2, 0.25) is 0 Å². The van der Waals surface area contributed by atoms with Crippen LogP contribution in [0.1, 0.15) is 73.6 Å². The van der Waals surface area contributed by atoms with Gasteiger partial charge in [0, 0.05) is 17.6 Å². The normalized spacial score (nSPS) is 11.5. The quantitative estimate of drug-likeness (QED) is 0.803. The molecule has 0 aliphatic carbocycles. The van der Waals surface area contributed by atoms with Crippen LogP contribution in [0.15, 0.2) is 12.1 Å². The number of unbranched alkanes of at least 4 members (excludes halogenated alkanes) is 1. The molecule has 0 atom stereocenters. The molecule has 0 unspecified atom stereocenters. The van der Waals surface area contributed by atoms with Crippen molar-refractivity contribution in [2.45, 2.75) is 66.3 Å². The number of carboxylic acids is 1. The second kappa shape index (κ2) is 6.55. The minimum absolute atomic E-state index is 0.388.